The first kappa shape index (κ1) is 25.5. The molecule has 1 amide bonds. The predicted molar refractivity (Wildman–Crippen MR) is 137 cm³/mol. The number of unbranched alkanes of at least 4 members (excludes halogenated alkanes) is 2. The van der Waals surface area contributed by atoms with E-state index in [-0.39, 0.29) is 11.7 Å². The van der Waals surface area contributed by atoms with Crippen molar-refractivity contribution in [1.82, 2.24) is 5.32 Å². The van der Waals surface area contributed by atoms with Crippen molar-refractivity contribution in [3.63, 3.8) is 0 Å². The van der Waals surface area contributed by atoms with Crippen molar-refractivity contribution in [3.8, 4) is 5.75 Å². The largest absolute Gasteiger partial charge is 0.494 e. The summed E-state index contributed by atoms with van der Waals surface area (Å²) < 4.78 is 11.9. The SMILES string of the molecule is CCCCNCCCOc1ccc(C(=O)c2c(CCCC)oc3ccc(NC(C)=O)cc23)cc1. The van der Waals surface area contributed by atoms with E-state index in [4.69, 9.17) is 9.15 Å². The van der Waals surface area contributed by atoms with Crippen LogP contribution in [0.3, 0.4) is 0 Å². The van der Waals surface area contributed by atoms with Crippen molar-refractivity contribution in [3.05, 3.63) is 59.4 Å². The van der Waals surface area contributed by atoms with Crippen molar-refractivity contribution in [2.75, 3.05) is 25.0 Å². The van der Waals surface area contributed by atoms with Crippen molar-refractivity contribution in [1.29, 1.82) is 0 Å². The number of ether oxygens (including phenoxy) is 1. The second-order valence-corrected chi connectivity index (χ2v) is 8.55. The van der Waals surface area contributed by atoms with Gasteiger partial charge in [0.25, 0.3) is 0 Å². The number of hydrogen-bond donors (Lipinski definition) is 2. The number of anilines is 1. The van der Waals surface area contributed by atoms with Crippen molar-refractivity contribution < 1.29 is 18.7 Å². The molecule has 6 heteroatoms. The fourth-order valence-corrected chi connectivity index (χ4v) is 3.85. The van der Waals surface area contributed by atoms with E-state index < -0.39 is 0 Å². The number of fused-ring (bicyclic) bond motifs is 1. The van der Waals surface area contributed by atoms with Crippen LogP contribution in [0.25, 0.3) is 11.0 Å². The van der Waals surface area contributed by atoms with Gasteiger partial charge in [-0.05, 0) is 74.8 Å². The number of aryl methyl sites for hydroxylation is 1. The first-order chi connectivity index (χ1) is 16.5. The number of nitrogens with one attached hydrogen (secondary N) is 2. The Hall–Kier alpha value is -3.12. The Morgan fingerprint density at radius 3 is 2.38 bits per heavy atom. The fourth-order valence-electron chi connectivity index (χ4n) is 3.85. The summed E-state index contributed by atoms with van der Waals surface area (Å²) in [6, 6.07) is 12.7. The zero-order valence-corrected chi connectivity index (χ0v) is 20.5. The van der Waals surface area contributed by atoms with Crippen LogP contribution in [0.4, 0.5) is 5.69 Å². The molecule has 2 aromatic carbocycles. The average Bonchev–Trinajstić information content (AvgIpc) is 3.19. The molecule has 1 aromatic heterocycles. The van der Waals surface area contributed by atoms with Gasteiger partial charge in [0.05, 0.1) is 12.2 Å². The van der Waals surface area contributed by atoms with Crippen LogP contribution in [-0.4, -0.2) is 31.4 Å². The summed E-state index contributed by atoms with van der Waals surface area (Å²) in [7, 11) is 0. The maximum Gasteiger partial charge on any atom is 0.221 e. The van der Waals surface area contributed by atoms with Crippen LogP contribution >= 0.6 is 0 Å². The average molecular weight is 465 g/mol. The molecule has 2 N–H and O–H groups in total. The second kappa shape index (κ2) is 12.9. The first-order valence-electron chi connectivity index (χ1n) is 12.3. The summed E-state index contributed by atoms with van der Waals surface area (Å²) in [5.74, 6) is 1.20. The van der Waals surface area contributed by atoms with E-state index in [9.17, 15) is 9.59 Å². The van der Waals surface area contributed by atoms with E-state index in [0.717, 1.165) is 43.5 Å². The molecule has 6 nitrogen and oxygen atoms in total. The van der Waals surface area contributed by atoms with Crippen LogP contribution in [0.1, 0.15) is 74.6 Å². The molecule has 34 heavy (non-hydrogen) atoms. The summed E-state index contributed by atoms with van der Waals surface area (Å²) in [4.78, 5) is 25.0. The number of furan rings is 1. The number of carbonyl (C=O) groups is 2. The third-order valence-electron chi connectivity index (χ3n) is 5.66. The molecule has 0 saturated heterocycles. The monoisotopic (exact) mass is 464 g/mol. The summed E-state index contributed by atoms with van der Waals surface area (Å²) in [5.41, 5.74) is 2.45. The molecular formula is C28H36N2O4. The van der Waals surface area contributed by atoms with Crippen LogP contribution in [0.2, 0.25) is 0 Å². The van der Waals surface area contributed by atoms with Gasteiger partial charge in [-0.2, -0.15) is 0 Å². The van der Waals surface area contributed by atoms with E-state index in [2.05, 4.69) is 24.5 Å². The number of ketones is 1. The molecule has 0 radical (unpaired) electrons. The van der Waals surface area contributed by atoms with Crippen LogP contribution in [-0.2, 0) is 11.2 Å². The van der Waals surface area contributed by atoms with Gasteiger partial charge in [-0.1, -0.05) is 26.7 Å². The number of amides is 1. The van der Waals surface area contributed by atoms with Crippen LogP contribution in [0, 0.1) is 0 Å². The third kappa shape index (κ3) is 6.94. The molecule has 0 bridgehead atoms. The lowest BCUT2D eigenvalue weighted by atomic mass is 9.98. The number of benzene rings is 2. The zero-order valence-electron chi connectivity index (χ0n) is 20.5. The molecule has 3 rings (SSSR count). The van der Waals surface area contributed by atoms with Gasteiger partial charge in [-0.25, -0.2) is 0 Å². The minimum atomic E-state index is -0.158. The second-order valence-electron chi connectivity index (χ2n) is 8.55. The number of rotatable bonds is 14. The van der Waals surface area contributed by atoms with Crippen molar-refractivity contribution in [2.24, 2.45) is 0 Å². The number of hydrogen-bond acceptors (Lipinski definition) is 5. The molecule has 3 aromatic rings. The first-order valence-corrected chi connectivity index (χ1v) is 12.3. The van der Waals surface area contributed by atoms with Gasteiger partial charge < -0.3 is 19.8 Å². The van der Waals surface area contributed by atoms with Gasteiger partial charge >= 0.3 is 0 Å². The molecule has 1 heterocycles. The summed E-state index contributed by atoms with van der Waals surface area (Å²) in [6.45, 7) is 8.37. The summed E-state index contributed by atoms with van der Waals surface area (Å²) in [5, 5.41) is 6.91. The van der Waals surface area contributed by atoms with Crippen LogP contribution in [0.5, 0.6) is 5.75 Å². The highest BCUT2D eigenvalue weighted by Crippen LogP contribution is 2.32. The Balaban J connectivity index is 1.74. The maximum absolute atomic E-state index is 13.5. The lowest BCUT2D eigenvalue weighted by Gasteiger charge is -2.08. The van der Waals surface area contributed by atoms with Crippen molar-refractivity contribution >= 4 is 28.3 Å². The highest BCUT2D eigenvalue weighted by Gasteiger charge is 2.22. The lowest BCUT2D eigenvalue weighted by molar-refractivity contribution is -0.114. The van der Waals surface area contributed by atoms with Gasteiger partial charge in [-0.3, -0.25) is 9.59 Å². The van der Waals surface area contributed by atoms with E-state index >= 15 is 0 Å². The van der Waals surface area contributed by atoms with Gasteiger partial charge in [0, 0.05) is 30.0 Å². The molecule has 0 atom stereocenters. The van der Waals surface area contributed by atoms with Crippen LogP contribution < -0.4 is 15.4 Å². The molecule has 182 valence electrons. The Labute approximate surface area is 202 Å². The maximum atomic E-state index is 13.5. The molecule has 0 unspecified atom stereocenters. The minimum absolute atomic E-state index is 0.0866. The van der Waals surface area contributed by atoms with Crippen molar-refractivity contribution in [2.45, 2.75) is 59.3 Å². The van der Waals surface area contributed by atoms with Crippen LogP contribution in [0.15, 0.2) is 46.9 Å². The van der Waals surface area contributed by atoms with E-state index in [1.807, 2.05) is 18.2 Å². The molecule has 0 aliphatic heterocycles. The molecule has 0 spiro atoms. The molecule has 0 aliphatic carbocycles. The molecular weight excluding hydrogens is 428 g/mol. The minimum Gasteiger partial charge on any atom is -0.494 e. The highest BCUT2D eigenvalue weighted by atomic mass is 16.5. The summed E-state index contributed by atoms with van der Waals surface area (Å²) in [6.07, 6.45) is 5.94. The Morgan fingerprint density at radius 1 is 0.941 bits per heavy atom. The predicted octanol–water partition coefficient (Wildman–Crippen LogP) is 6.12. The van der Waals surface area contributed by atoms with E-state index in [1.165, 1.54) is 19.8 Å². The van der Waals surface area contributed by atoms with Gasteiger partial charge in [0.2, 0.25) is 5.91 Å². The zero-order chi connectivity index (χ0) is 24.3. The Kier molecular flexibility index (Phi) is 9.71. The van der Waals surface area contributed by atoms with E-state index in [1.54, 1.807) is 24.3 Å². The molecule has 0 fully saturated rings. The smallest absolute Gasteiger partial charge is 0.221 e. The standard InChI is InChI=1S/C28H36N2O4/c1-4-6-9-26-27(24-19-22(30-20(3)31)12-15-25(24)34-26)28(32)21-10-13-23(14-11-21)33-18-8-17-29-16-7-5-2/h10-15,19,29H,4-9,16-18H2,1-3H3,(H,30,31). The molecule has 0 saturated carbocycles. The summed E-state index contributed by atoms with van der Waals surface area (Å²) >= 11 is 0. The lowest BCUT2D eigenvalue weighted by Crippen LogP contribution is -2.18. The molecule has 0 aliphatic rings. The van der Waals surface area contributed by atoms with E-state index in [0.29, 0.717) is 41.2 Å². The Morgan fingerprint density at radius 2 is 1.68 bits per heavy atom. The van der Waals surface area contributed by atoms with Gasteiger partial charge in [0.15, 0.2) is 5.78 Å². The van der Waals surface area contributed by atoms with Gasteiger partial charge in [-0.15, -0.1) is 0 Å². The van der Waals surface area contributed by atoms with Gasteiger partial charge in [0.1, 0.15) is 17.1 Å². The topological polar surface area (TPSA) is 80.6 Å². The third-order valence-corrected chi connectivity index (χ3v) is 5.66. The normalized spacial score (nSPS) is 11.0. The number of carbonyl (C=O) groups excluding carboxylic acids is 2. The Bertz CT molecular complexity index is 1090. The fraction of sp³-hybridized carbons (Fsp3) is 0.429. The highest BCUT2D eigenvalue weighted by molar-refractivity contribution is 6.17. The quantitative estimate of drug-likeness (QED) is 0.222.